The molecule has 0 bridgehead atoms. The van der Waals surface area contributed by atoms with Gasteiger partial charge in [0.15, 0.2) is 0 Å². The van der Waals surface area contributed by atoms with Crippen molar-refractivity contribution < 1.29 is 4.79 Å². The number of halogens is 1. The average molecular weight is 378 g/mol. The van der Waals surface area contributed by atoms with Crippen LogP contribution in [0.1, 0.15) is 5.56 Å². The van der Waals surface area contributed by atoms with Gasteiger partial charge in [-0.15, -0.1) is 0 Å². The molecule has 1 heterocycles. The maximum Gasteiger partial charge on any atom is 0.229 e. The number of carbonyl (C=O) groups excluding carboxylic acids is 1. The SMILES string of the molecule is O=C(Nc1cccc(I)c1)C1CNc2ccccc2C1. The number of rotatable bonds is 2. The fraction of sp³-hybridized carbons (Fsp3) is 0.188. The second-order valence-electron chi connectivity index (χ2n) is 4.94. The van der Waals surface area contributed by atoms with Crippen LogP contribution >= 0.6 is 22.6 Å². The van der Waals surface area contributed by atoms with Crippen molar-refractivity contribution in [3.05, 3.63) is 57.7 Å². The van der Waals surface area contributed by atoms with Gasteiger partial charge in [0.2, 0.25) is 5.91 Å². The lowest BCUT2D eigenvalue weighted by atomic mass is 9.93. The number of hydrogen-bond acceptors (Lipinski definition) is 2. The van der Waals surface area contributed by atoms with Gasteiger partial charge in [-0.3, -0.25) is 4.79 Å². The van der Waals surface area contributed by atoms with Crippen molar-refractivity contribution in [2.45, 2.75) is 6.42 Å². The minimum atomic E-state index is -0.0252. The molecule has 0 saturated carbocycles. The van der Waals surface area contributed by atoms with E-state index in [0.717, 1.165) is 21.4 Å². The molecule has 0 saturated heterocycles. The van der Waals surface area contributed by atoms with Gasteiger partial charge in [-0.25, -0.2) is 0 Å². The van der Waals surface area contributed by atoms with Crippen LogP contribution < -0.4 is 10.6 Å². The van der Waals surface area contributed by atoms with E-state index in [1.54, 1.807) is 0 Å². The van der Waals surface area contributed by atoms with E-state index in [0.29, 0.717) is 6.54 Å². The number of benzene rings is 2. The van der Waals surface area contributed by atoms with Crippen LogP contribution in [-0.4, -0.2) is 12.5 Å². The van der Waals surface area contributed by atoms with E-state index in [2.05, 4.69) is 45.4 Å². The highest BCUT2D eigenvalue weighted by Crippen LogP contribution is 2.25. The highest BCUT2D eigenvalue weighted by atomic mass is 127. The summed E-state index contributed by atoms with van der Waals surface area (Å²) in [6.45, 7) is 0.687. The molecule has 1 unspecified atom stereocenters. The molecule has 2 N–H and O–H groups in total. The van der Waals surface area contributed by atoms with Crippen molar-refractivity contribution in [1.29, 1.82) is 0 Å². The van der Waals surface area contributed by atoms with Crippen LogP contribution in [0.5, 0.6) is 0 Å². The standard InChI is InChI=1S/C16H15IN2O/c17-13-5-3-6-14(9-13)19-16(20)12-8-11-4-1-2-7-15(11)18-10-12/h1-7,9,12,18H,8,10H2,(H,19,20). The first-order chi connectivity index (χ1) is 9.72. The largest absolute Gasteiger partial charge is 0.384 e. The third-order valence-electron chi connectivity index (χ3n) is 3.49. The molecule has 102 valence electrons. The molecule has 2 aromatic rings. The smallest absolute Gasteiger partial charge is 0.229 e. The van der Waals surface area contributed by atoms with Crippen LogP contribution in [0.4, 0.5) is 11.4 Å². The Balaban J connectivity index is 1.70. The van der Waals surface area contributed by atoms with E-state index in [1.165, 1.54) is 5.56 Å². The lowest BCUT2D eigenvalue weighted by Crippen LogP contribution is -2.33. The zero-order chi connectivity index (χ0) is 13.9. The second kappa shape index (κ2) is 5.83. The molecular weight excluding hydrogens is 363 g/mol. The topological polar surface area (TPSA) is 41.1 Å². The third kappa shape index (κ3) is 2.95. The fourth-order valence-electron chi connectivity index (χ4n) is 2.44. The van der Waals surface area contributed by atoms with E-state index in [9.17, 15) is 4.79 Å². The van der Waals surface area contributed by atoms with Gasteiger partial charge in [0, 0.05) is 21.5 Å². The van der Waals surface area contributed by atoms with Crippen molar-refractivity contribution >= 4 is 39.9 Å². The molecule has 2 aromatic carbocycles. The molecule has 4 heteroatoms. The average Bonchev–Trinajstić information content (AvgIpc) is 2.47. The molecular formula is C16H15IN2O. The molecule has 20 heavy (non-hydrogen) atoms. The molecule has 1 aliphatic heterocycles. The number of nitrogens with one attached hydrogen (secondary N) is 2. The number of amides is 1. The van der Waals surface area contributed by atoms with Gasteiger partial charge < -0.3 is 10.6 Å². The predicted molar refractivity (Wildman–Crippen MR) is 89.9 cm³/mol. The van der Waals surface area contributed by atoms with Gasteiger partial charge in [-0.1, -0.05) is 24.3 Å². The van der Waals surface area contributed by atoms with Gasteiger partial charge in [-0.2, -0.15) is 0 Å². The van der Waals surface area contributed by atoms with E-state index in [4.69, 9.17) is 0 Å². The molecule has 0 aliphatic carbocycles. The molecule has 3 rings (SSSR count). The number of hydrogen-bond donors (Lipinski definition) is 2. The molecule has 0 spiro atoms. The first kappa shape index (κ1) is 13.4. The Hall–Kier alpha value is -1.56. The quantitative estimate of drug-likeness (QED) is 0.786. The maximum absolute atomic E-state index is 12.3. The van der Waals surface area contributed by atoms with Gasteiger partial charge in [0.25, 0.3) is 0 Å². The fourth-order valence-corrected chi connectivity index (χ4v) is 2.98. The number of para-hydroxylation sites is 1. The van der Waals surface area contributed by atoms with E-state index < -0.39 is 0 Å². The highest BCUT2D eigenvalue weighted by Gasteiger charge is 2.24. The maximum atomic E-state index is 12.3. The Labute approximate surface area is 131 Å². The summed E-state index contributed by atoms with van der Waals surface area (Å²) in [5.41, 5.74) is 3.22. The third-order valence-corrected chi connectivity index (χ3v) is 4.16. The molecule has 1 amide bonds. The summed E-state index contributed by atoms with van der Waals surface area (Å²) in [6, 6.07) is 16.0. The minimum absolute atomic E-state index is 0.0252. The molecule has 3 nitrogen and oxygen atoms in total. The Morgan fingerprint density at radius 3 is 2.90 bits per heavy atom. The molecule has 0 radical (unpaired) electrons. The number of carbonyl (C=O) groups is 1. The zero-order valence-corrected chi connectivity index (χ0v) is 13.1. The van der Waals surface area contributed by atoms with Crippen molar-refractivity contribution in [2.24, 2.45) is 5.92 Å². The molecule has 0 fully saturated rings. The summed E-state index contributed by atoms with van der Waals surface area (Å²) >= 11 is 2.24. The zero-order valence-electron chi connectivity index (χ0n) is 10.9. The van der Waals surface area contributed by atoms with Crippen LogP contribution in [0, 0.1) is 9.49 Å². The lowest BCUT2D eigenvalue weighted by Gasteiger charge is -2.25. The van der Waals surface area contributed by atoms with Crippen molar-refractivity contribution in [2.75, 3.05) is 17.2 Å². The van der Waals surface area contributed by atoms with Crippen molar-refractivity contribution in [1.82, 2.24) is 0 Å². The highest BCUT2D eigenvalue weighted by molar-refractivity contribution is 14.1. The summed E-state index contributed by atoms with van der Waals surface area (Å²) in [5, 5.41) is 6.33. The van der Waals surface area contributed by atoms with Gasteiger partial charge >= 0.3 is 0 Å². The van der Waals surface area contributed by atoms with E-state index >= 15 is 0 Å². The first-order valence-corrected chi connectivity index (χ1v) is 7.68. The van der Waals surface area contributed by atoms with Crippen LogP contribution in [0.2, 0.25) is 0 Å². The molecule has 1 aliphatic rings. The number of anilines is 2. The van der Waals surface area contributed by atoms with Crippen LogP contribution in [0.25, 0.3) is 0 Å². The molecule has 0 aromatic heterocycles. The van der Waals surface area contributed by atoms with Gasteiger partial charge in [0.05, 0.1) is 5.92 Å². The van der Waals surface area contributed by atoms with Crippen molar-refractivity contribution in [3.63, 3.8) is 0 Å². The second-order valence-corrected chi connectivity index (χ2v) is 6.18. The van der Waals surface area contributed by atoms with E-state index in [1.807, 2.05) is 36.4 Å². The molecule has 1 atom stereocenters. The summed E-state index contributed by atoms with van der Waals surface area (Å²) in [6.07, 6.45) is 0.791. The van der Waals surface area contributed by atoms with Crippen LogP contribution in [-0.2, 0) is 11.2 Å². The monoisotopic (exact) mass is 378 g/mol. The lowest BCUT2D eigenvalue weighted by molar-refractivity contribution is -0.119. The first-order valence-electron chi connectivity index (χ1n) is 6.60. The summed E-state index contributed by atoms with van der Waals surface area (Å²) in [7, 11) is 0. The van der Waals surface area contributed by atoms with E-state index in [-0.39, 0.29) is 11.8 Å². The van der Waals surface area contributed by atoms with Gasteiger partial charge in [0.1, 0.15) is 0 Å². The predicted octanol–water partition coefficient (Wildman–Crippen LogP) is 3.51. The van der Waals surface area contributed by atoms with Crippen molar-refractivity contribution in [3.8, 4) is 0 Å². The van der Waals surface area contributed by atoms with Gasteiger partial charge in [-0.05, 0) is 58.8 Å². The Kier molecular flexibility index (Phi) is 3.91. The number of fused-ring (bicyclic) bond motifs is 1. The summed E-state index contributed by atoms with van der Waals surface area (Å²) < 4.78 is 1.12. The Bertz CT molecular complexity index is 642. The normalized spacial score (nSPS) is 16.9. The Morgan fingerprint density at radius 1 is 1.20 bits per heavy atom. The minimum Gasteiger partial charge on any atom is -0.384 e. The summed E-state index contributed by atoms with van der Waals surface area (Å²) in [4.78, 5) is 12.3. The van der Waals surface area contributed by atoms with Crippen LogP contribution in [0.15, 0.2) is 48.5 Å². The van der Waals surface area contributed by atoms with Crippen LogP contribution in [0.3, 0.4) is 0 Å². The summed E-state index contributed by atoms with van der Waals surface area (Å²) in [5.74, 6) is 0.0526. The Morgan fingerprint density at radius 2 is 2.05 bits per heavy atom.